The minimum absolute atomic E-state index is 0.179. The fraction of sp³-hybridized carbons (Fsp3) is 0.925. The Hall–Kier alpha value is -1.97. The van der Waals surface area contributed by atoms with Gasteiger partial charge in [-0.1, -0.05) is 302 Å². The van der Waals surface area contributed by atoms with Crippen molar-refractivity contribution in [3.8, 4) is 0 Å². The molecule has 0 spiro atoms. The van der Waals surface area contributed by atoms with Gasteiger partial charge in [-0.25, -0.2) is 4.79 Å². The van der Waals surface area contributed by atoms with Crippen LogP contribution in [0, 0.1) is 0 Å². The smallest absolute Gasteiger partial charge is 0.361 e. The van der Waals surface area contributed by atoms with Crippen molar-refractivity contribution >= 4 is 17.9 Å². The van der Waals surface area contributed by atoms with Crippen molar-refractivity contribution in [3.63, 3.8) is 0 Å². The number of likely N-dealkylation sites (N-methyl/N-ethyl adjacent to an activating group) is 1. The lowest BCUT2D eigenvalue weighted by Crippen LogP contribution is -2.40. The molecule has 0 saturated carbocycles. The number of ether oxygens (including phenoxy) is 4. The minimum Gasteiger partial charge on any atom is -0.477 e. The highest BCUT2D eigenvalue weighted by Gasteiger charge is 2.25. The van der Waals surface area contributed by atoms with Gasteiger partial charge in [-0.2, -0.15) is 0 Å². The van der Waals surface area contributed by atoms with Crippen molar-refractivity contribution in [2.75, 3.05) is 47.5 Å². The van der Waals surface area contributed by atoms with Gasteiger partial charge in [-0.05, 0) is 38.5 Å². The van der Waals surface area contributed by atoms with Gasteiger partial charge < -0.3 is 28.5 Å². The standard InChI is InChI=1S/C67H129NO8/c1-6-8-10-12-14-16-18-20-22-23-24-25-26-27-28-29-30-31-32-33-34-35-36-37-38-39-40-41-42-44-45-47-49-51-53-55-57-64(69)74-61-63(62-75-67(66(71)72)73-60-59-68(3,4)5)76-65(70)58-56-54-52-50-48-46-43-21-19-17-15-13-11-9-7-2/h21,43,63,67H,6-20,22-42,44-62H2,1-5H3/p+1/b43-21-. The molecule has 0 amide bonds. The van der Waals surface area contributed by atoms with E-state index >= 15 is 0 Å². The molecule has 0 fully saturated rings. The quantitative estimate of drug-likeness (QED) is 0.0211. The van der Waals surface area contributed by atoms with E-state index in [0.717, 1.165) is 51.4 Å². The molecule has 0 heterocycles. The number of hydrogen-bond acceptors (Lipinski definition) is 7. The van der Waals surface area contributed by atoms with Crippen LogP contribution in [-0.4, -0.2) is 87.4 Å². The Morgan fingerprint density at radius 1 is 0.382 bits per heavy atom. The van der Waals surface area contributed by atoms with Crippen molar-refractivity contribution in [2.24, 2.45) is 0 Å². The zero-order valence-electron chi connectivity index (χ0n) is 51.5. The molecule has 2 atom stereocenters. The van der Waals surface area contributed by atoms with Gasteiger partial charge in [0, 0.05) is 12.8 Å². The van der Waals surface area contributed by atoms with Crippen molar-refractivity contribution < 1.29 is 42.9 Å². The van der Waals surface area contributed by atoms with Gasteiger partial charge in [0.25, 0.3) is 6.29 Å². The van der Waals surface area contributed by atoms with Crippen LogP contribution in [0.4, 0.5) is 0 Å². The number of rotatable bonds is 63. The van der Waals surface area contributed by atoms with Gasteiger partial charge in [-0.3, -0.25) is 9.59 Å². The molecule has 450 valence electrons. The fourth-order valence-electron chi connectivity index (χ4n) is 10.1. The van der Waals surface area contributed by atoms with Crippen molar-refractivity contribution in [1.82, 2.24) is 0 Å². The van der Waals surface area contributed by atoms with Crippen molar-refractivity contribution in [3.05, 3.63) is 12.2 Å². The first kappa shape index (κ1) is 74.0. The number of esters is 2. The van der Waals surface area contributed by atoms with Gasteiger partial charge in [0.2, 0.25) is 0 Å². The monoisotopic (exact) mass is 1080 g/mol. The highest BCUT2D eigenvalue weighted by Crippen LogP contribution is 2.19. The molecular weight excluding hydrogens is 947 g/mol. The maximum Gasteiger partial charge on any atom is 0.361 e. The molecule has 2 unspecified atom stereocenters. The van der Waals surface area contributed by atoms with Crippen molar-refractivity contribution in [1.29, 1.82) is 0 Å². The largest absolute Gasteiger partial charge is 0.477 e. The van der Waals surface area contributed by atoms with Gasteiger partial charge in [-0.15, -0.1) is 0 Å². The fourth-order valence-corrected chi connectivity index (χ4v) is 10.1. The highest BCUT2D eigenvalue weighted by atomic mass is 16.7. The summed E-state index contributed by atoms with van der Waals surface area (Å²) in [5, 5.41) is 9.70. The minimum atomic E-state index is -1.51. The zero-order valence-corrected chi connectivity index (χ0v) is 51.5. The van der Waals surface area contributed by atoms with E-state index in [4.69, 9.17) is 18.9 Å². The second kappa shape index (κ2) is 59.2. The summed E-state index contributed by atoms with van der Waals surface area (Å²) >= 11 is 0. The number of nitrogens with zero attached hydrogens (tertiary/aromatic N) is 1. The maximum atomic E-state index is 12.8. The first-order chi connectivity index (χ1) is 37.1. The van der Waals surface area contributed by atoms with Crippen LogP contribution in [0.2, 0.25) is 0 Å². The average Bonchev–Trinajstić information content (AvgIpc) is 3.39. The van der Waals surface area contributed by atoms with Gasteiger partial charge in [0.15, 0.2) is 6.10 Å². The number of hydrogen-bond donors (Lipinski definition) is 1. The number of quaternary nitrogens is 1. The predicted octanol–water partition coefficient (Wildman–Crippen LogP) is 20.1. The number of unbranched alkanes of at least 4 members (excludes halogenated alkanes) is 46. The second-order valence-electron chi connectivity index (χ2n) is 24.1. The Kier molecular flexibility index (Phi) is 57.6. The van der Waals surface area contributed by atoms with Gasteiger partial charge >= 0.3 is 17.9 Å². The molecule has 0 radical (unpaired) electrons. The van der Waals surface area contributed by atoms with Crippen molar-refractivity contribution in [2.45, 2.75) is 354 Å². The summed E-state index contributed by atoms with van der Waals surface area (Å²) in [6.45, 7) is 4.92. The molecular formula is C67H130NO8+. The Morgan fingerprint density at radius 2 is 0.671 bits per heavy atom. The summed E-state index contributed by atoms with van der Waals surface area (Å²) in [4.78, 5) is 37.4. The van der Waals surface area contributed by atoms with E-state index in [-0.39, 0.29) is 32.2 Å². The molecule has 0 aliphatic rings. The lowest BCUT2D eigenvalue weighted by molar-refractivity contribution is -0.870. The van der Waals surface area contributed by atoms with Crippen LogP contribution >= 0.6 is 0 Å². The number of aliphatic carboxylic acids is 1. The van der Waals surface area contributed by atoms with Crippen LogP contribution in [0.25, 0.3) is 0 Å². The van der Waals surface area contributed by atoms with E-state index in [1.807, 2.05) is 21.1 Å². The predicted molar refractivity (Wildman–Crippen MR) is 323 cm³/mol. The summed E-state index contributed by atoms with van der Waals surface area (Å²) in [5.74, 6) is -1.99. The van der Waals surface area contributed by atoms with E-state index in [0.29, 0.717) is 23.9 Å². The molecule has 0 saturated heterocycles. The van der Waals surface area contributed by atoms with E-state index < -0.39 is 24.3 Å². The molecule has 0 rings (SSSR count). The third-order valence-corrected chi connectivity index (χ3v) is 15.3. The normalized spacial score (nSPS) is 12.7. The molecule has 9 nitrogen and oxygen atoms in total. The number of carboxylic acid groups (broad SMARTS) is 1. The number of carboxylic acids is 1. The molecule has 0 aromatic carbocycles. The molecule has 0 aliphatic carbocycles. The topological polar surface area (TPSA) is 108 Å². The Bertz CT molecular complexity index is 1250. The zero-order chi connectivity index (χ0) is 55.5. The summed E-state index contributed by atoms with van der Waals surface area (Å²) in [7, 11) is 5.98. The van der Waals surface area contributed by atoms with E-state index in [1.54, 1.807) is 0 Å². The van der Waals surface area contributed by atoms with Crippen LogP contribution in [0.1, 0.15) is 341 Å². The molecule has 0 aromatic heterocycles. The Labute approximate surface area is 472 Å². The molecule has 1 N–H and O–H groups in total. The third kappa shape index (κ3) is 59.7. The molecule has 0 bridgehead atoms. The van der Waals surface area contributed by atoms with Crippen LogP contribution in [0.5, 0.6) is 0 Å². The second-order valence-corrected chi connectivity index (χ2v) is 24.1. The first-order valence-corrected chi connectivity index (χ1v) is 33.4. The van der Waals surface area contributed by atoms with E-state index in [1.165, 1.54) is 257 Å². The summed E-state index contributed by atoms with van der Waals surface area (Å²) in [5.41, 5.74) is 0. The third-order valence-electron chi connectivity index (χ3n) is 15.3. The first-order valence-electron chi connectivity index (χ1n) is 33.4. The summed E-state index contributed by atoms with van der Waals surface area (Å²) in [6.07, 6.45) is 67.7. The molecule has 76 heavy (non-hydrogen) atoms. The lowest BCUT2D eigenvalue weighted by atomic mass is 10.0. The molecule has 9 heteroatoms. The Morgan fingerprint density at radius 3 is 0.974 bits per heavy atom. The molecule has 0 aliphatic heterocycles. The van der Waals surface area contributed by atoms with Crippen LogP contribution < -0.4 is 0 Å². The Balaban J connectivity index is 3.93. The highest BCUT2D eigenvalue weighted by molar-refractivity contribution is 5.71. The number of allylic oxidation sites excluding steroid dienone is 2. The van der Waals surface area contributed by atoms with Crippen LogP contribution in [0.3, 0.4) is 0 Å². The molecule has 0 aromatic rings. The maximum absolute atomic E-state index is 12.8. The number of carbonyl (C=O) groups excluding carboxylic acids is 2. The summed E-state index contributed by atoms with van der Waals surface area (Å²) < 4.78 is 22.9. The van der Waals surface area contributed by atoms with Crippen LogP contribution in [0.15, 0.2) is 12.2 Å². The average molecular weight is 1080 g/mol. The van der Waals surface area contributed by atoms with Gasteiger partial charge in [0.1, 0.15) is 13.2 Å². The van der Waals surface area contributed by atoms with Crippen LogP contribution in [-0.2, 0) is 33.3 Å². The van der Waals surface area contributed by atoms with E-state index in [2.05, 4.69) is 26.0 Å². The summed E-state index contributed by atoms with van der Waals surface area (Å²) in [6, 6.07) is 0. The SMILES string of the molecule is CCCCCCCC/C=C\CCCCCCCC(=O)OC(COC(=O)CCCCCCCCCCCCCCCCCCCCCCCCCCCCCCCCCCCCCC)COC(OCC[N+](C)(C)C)C(=O)O. The lowest BCUT2D eigenvalue weighted by Gasteiger charge is -2.25. The van der Waals surface area contributed by atoms with E-state index in [9.17, 15) is 19.5 Å². The number of carbonyl (C=O) groups is 3. The van der Waals surface area contributed by atoms with Gasteiger partial charge in [0.05, 0.1) is 34.4 Å².